The van der Waals surface area contributed by atoms with Crippen LogP contribution in [0.1, 0.15) is 103 Å². The molecule has 0 aromatic heterocycles. The monoisotopic (exact) mass is 412 g/mol. The van der Waals surface area contributed by atoms with E-state index in [-0.39, 0.29) is 0 Å². The molecular weight excluding hydrogens is 372 g/mol. The van der Waals surface area contributed by atoms with Crippen molar-refractivity contribution in [1.82, 2.24) is 0 Å². The molecule has 0 amide bonds. The van der Waals surface area contributed by atoms with Crippen molar-refractivity contribution in [3.8, 4) is 0 Å². The molecule has 0 aromatic carbocycles. The van der Waals surface area contributed by atoms with Crippen LogP contribution in [0.2, 0.25) is 0 Å². The third-order valence-electron chi connectivity index (χ3n) is 4.41. The fourth-order valence-corrected chi connectivity index (χ4v) is 2.90. The average Bonchev–Trinajstić information content (AvgIpc) is 2.71. The molecule has 0 atom stereocenters. The summed E-state index contributed by atoms with van der Waals surface area (Å²) in [6, 6.07) is 0. The van der Waals surface area contributed by atoms with Crippen LogP contribution in [-0.4, -0.2) is 13.2 Å². The standard InChI is InChI=1S/C18H40N2O8/c19-17-15-13-11-9-7-5-3-1-2-4-6-8-10-12-14-16-18-21-23-25-27-28-26-24-22-20/h1-20H2. The van der Waals surface area contributed by atoms with Crippen molar-refractivity contribution in [2.75, 3.05) is 13.2 Å². The molecule has 0 heterocycles. The third-order valence-corrected chi connectivity index (χ3v) is 4.41. The third kappa shape index (κ3) is 25.6. The van der Waals surface area contributed by atoms with Gasteiger partial charge in [0, 0.05) is 0 Å². The maximum Gasteiger partial charge on any atom is 0.0855 e. The second kappa shape index (κ2) is 26.6. The van der Waals surface area contributed by atoms with Gasteiger partial charge in [0.2, 0.25) is 0 Å². The quantitative estimate of drug-likeness (QED) is 0.125. The van der Waals surface area contributed by atoms with Gasteiger partial charge in [0.1, 0.15) is 0 Å². The smallest absolute Gasteiger partial charge is 0.0855 e. The molecule has 0 saturated heterocycles. The molecule has 0 aliphatic rings. The molecule has 10 nitrogen and oxygen atoms in total. The van der Waals surface area contributed by atoms with Gasteiger partial charge in [0.25, 0.3) is 0 Å². The van der Waals surface area contributed by atoms with Gasteiger partial charge in [-0.15, -0.1) is 4.99 Å². The minimum Gasteiger partial charge on any atom is -0.330 e. The van der Waals surface area contributed by atoms with Crippen LogP contribution < -0.4 is 11.6 Å². The minimum atomic E-state index is 0.389. The highest BCUT2D eigenvalue weighted by Gasteiger charge is 1.97. The first-order chi connectivity index (χ1) is 13.9. The van der Waals surface area contributed by atoms with Crippen molar-refractivity contribution in [3.05, 3.63) is 0 Å². The van der Waals surface area contributed by atoms with Crippen molar-refractivity contribution in [1.29, 1.82) is 0 Å². The van der Waals surface area contributed by atoms with E-state index < -0.39 is 0 Å². The summed E-state index contributed by atoms with van der Waals surface area (Å²) in [6.07, 6.45) is 20.6. The lowest BCUT2D eigenvalue weighted by molar-refractivity contribution is -0.814. The molecule has 0 aliphatic heterocycles. The Bertz CT molecular complexity index is 252. The van der Waals surface area contributed by atoms with Gasteiger partial charge in [-0.25, -0.2) is 4.89 Å². The van der Waals surface area contributed by atoms with Crippen LogP contribution in [0.25, 0.3) is 0 Å². The summed E-state index contributed by atoms with van der Waals surface area (Å²) in [4.78, 5) is 8.21. The summed E-state index contributed by atoms with van der Waals surface area (Å²) in [6.45, 7) is 1.23. The van der Waals surface area contributed by atoms with Gasteiger partial charge in [-0.1, -0.05) is 89.9 Å². The Kier molecular flexibility index (Phi) is 26.2. The second-order valence-electron chi connectivity index (χ2n) is 6.77. The largest absolute Gasteiger partial charge is 0.330 e. The SMILES string of the molecule is NCCCCCCCCCCCCCCCCCCOOOOOOOON. The van der Waals surface area contributed by atoms with E-state index in [2.05, 4.69) is 46.0 Å². The zero-order valence-corrected chi connectivity index (χ0v) is 17.1. The molecule has 0 rings (SSSR count). The molecular formula is C18H40N2O8. The van der Waals surface area contributed by atoms with Gasteiger partial charge < -0.3 is 5.73 Å². The normalized spacial score (nSPS) is 11.4. The molecule has 10 heteroatoms. The van der Waals surface area contributed by atoms with E-state index in [0.717, 1.165) is 19.4 Å². The number of unbranched alkanes of at least 4 members (excludes halogenated alkanes) is 15. The van der Waals surface area contributed by atoms with Crippen LogP contribution in [0.3, 0.4) is 0 Å². The first-order valence-electron chi connectivity index (χ1n) is 10.6. The van der Waals surface area contributed by atoms with Crippen LogP contribution in [-0.2, 0) is 40.1 Å². The fourth-order valence-electron chi connectivity index (χ4n) is 2.90. The number of hydrogen-bond acceptors (Lipinski definition) is 10. The summed E-state index contributed by atoms with van der Waals surface area (Å²) in [7, 11) is 0. The molecule has 28 heavy (non-hydrogen) atoms. The topological polar surface area (TPSA) is 126 Å². The molecule has 0 aromatic rings. The molecule has 0 fully saturated rings. The first kappa shape index (κ1) is 27.6. The highest BCUT2D eigenvalue weighted by molar-refractivity contribution is 4.50. The Labute approximate surface area is 168 Å². The molecule has 4 N–H and O–H groups in total. The fraction of sp³-hybridized carbons (Fsp3) is 1.00. The van der Waals surface area contributed by atoms with Crippen molar-refractivity contribution in [2.45, 2.75) is 103 Å². The van der Waals surface area contributed by atoms with Crippen molar-refractivity contribution in [3.63, 3.8) is 0 Å². The Balaban J connectivity index is 2.96. The van der Waals surface area contributed by atoms with Gasteiger partial charge in [-0.05, 0) is 49.6 Å². The highest BCUT2D eigenvalue weighted by atomic mass is 17.9. The van der Waals surface area contributed by atoms with Crippen LogP contribution in [0, 0.1) is 0 Å². The molecule has 0 spiro atoms. The maximum atomic E-state index is 5.49. The lowest BCUT2D eigenvalue weighted by atomic mass is 10.0. The Morgan fingerprint density at radius 2 is 0.750 bits per heavy atom. The Morgan fingerprint density at radius 3 is 1.18 bits per heavy atom. The summed E-state index contributed by atoms with van der Waals surface area (Å²) < 4.78 is 0. The number of hydrogen-bond donors (Lipinski definition) is 2. The van der Waals surface area contributed by atoms with E-state index in [1.165, 1.54) is 89.9 Å². The lowest BCUT2D eigenvalue weighted by Gasteiger charge is -2.04. The molecule has 0 saturated carbocycles. The predicted octanol–water partition coefficient (Wildman–Crippen LogP) is 4.60. The van der Waals surface area contributed by atoms with E-state index in [4.69, 9.17) is 5.73 Å². The van der Waals surface area contributed by atoms with Crippen molar-refractivity contribution < 1.29 is 40.1 Å². The van der Waals surface area contributed by atoms with Gasteiger partial charge in [0.15, 0.2) is 0 Å². The molecule has 0 unspecified atom stereocenters. The summed E-state index contributed by atoms with van der Waals surface area (Å²) in [5.74, 6) is 4.44. The van der Waals surface area contributed by atoms with Crippen LogP contribution in [0.15, 0.2) is 0 Å². The summed E-state index contributed by atoms with van der Waals surface area (Å²) in [5, 5.41) is 23.1. The van der Waals surface area contributed by atoms with Crippen LogP contribution in [0.5, 0.6) is 0 Å². The average molecular weight is 413 g/mol. The lowest BCUT2D eigenvalue weighted by Crippen LogP contribution is -2.05. The van der Waals surface area contributed by atoms with E-state index >= 15 is 0 Å². The predicted molar refractivity (Wildman–Crippen MR) is 101 cm³/mol. The van der Waals surface area contributed by atoms with Crippen molar-refractivity contribution in [2.24, 2.45) is 11.6 Å². The first-order valence-corrected chi connectivity index (χ1v) is 10.6. The van der Waals surface area contributed by atoms with Gasteiger partial charge in [-0.3, -0.25) is 0 Å². The maximum absolute atomic E-state index is 5.49. The zero-order valence-electron chi connectivity index (χ0n) is 17.1. The van der Waals surface area contributed by atoms with Crippen LogP contribution >= 0.6 is 0 Å². The molecule has 0 aliphatic carbocycles. The van der Waals surface area contributed by atoms with Gasteiger partial charge in [-0.2, -0.15) is 5.90 Å². The highest BCUT2D eigenvalue weighted by Crippen LogP contribution is 2.13. The molecule has 0 radical (unpaired) electrons. The van der Waals surface area contributed by atoms with Gasteiger partial charge in [0.05, 0.1) is 6.61 Å². The van der Waals surface area contributed by atoms with E-state index in [1.807, 2.05) is 0 Å². The van der Waals surface area contributed by atoms with E-state index in [0.29, 0.717) is 6.61 Å². The zero-order chi connectivity index (χ0) is 20.4. The summed E-state index contributed by atoms with van der Waals surface area (Å²) >= 11 is 0. The minimum absolute atomic E-state index is 0.389. The van der Waals surface area contributed by atoms with Crippen LogP contribution in [0.4, 0.5) is 0 Å². The second-order valence-corrected chi connectivity index (χ2v) is 6.77. The molecule has 0 bridgehead atoms. The van der Waals surface area contributed by atoms with E-state index in [9.17, 15) is 0 Å². The van der Waals surface area contributed by atoms with Gasteiger partial charge >= 0.3 is 0 Å². The van der Waals surface area contributed by atoms with Crippen molar-refractivity contribution >= 4 is 0 Å². The Hall–Kier alpha value is -0.400. The number of nitrogens with two attached hydrogens (primary N) is 2. The molecule has 170 valence electrons. The Morgan fingerprint density at radius 1 is 0.393 bits per heavy atom. The summed E-state index contributed by atoms with van der Waals surface area (Å²) in [5.41, 5.74) is 5.49. The number of rotatable bonds is 25. The van der Waals surface area contributed by atoms with E-state index in [1.54, 1.807) is 0 Å².